The molecule has 4 rings (SSSR count). The van der Waals surface area contributed by atoms with Crippen molar-refractivity contribution in [1.29, 1.82) is 0 Å². The average molecular weight is 369 g/mol. The summed E-state index contributed by atoms with van der Waals surface area (Å²) in [5.41, 5.74) is 1.05. The maximum absolute atomic E-state index is 4.72. The first kappa shape index (κ1) is 17.1. The summed E-state index contributed by atoms with van der Waals surface area (Å²) in [6.45, 7) is 2.88. The number of piperidine rings is 1. The number of hydrogen-bond acceptors (Lipinski definition) is 7. The number of rotatable bonds is 5. The fourth-order valence-electron chi connectivity index (χ4n) is 3.23. The van der Waals surface area contributed by atoms with Gasteiger partial charge in [0.15, 0.2) is 11.6 Å². The van der Waals surface area contributed by atoms with Crippen molar-refractivity contribution in [3.05, 3.63) is 42.0 Å². The van der Waals surface area contributed by atoms with Gasteiger partial charge in [-0.1, -0.05) is 30.3 Å². The van der Waals surface area contributed by atoms with Crippen molar-refractivity contribution in [1.82, 2.24) is 29.4 Å². The average Bonchev–Trinajstić information content (AvgIpc) is 3.33. The molecular formula is C18H23N7S. The van der Waals surface area contributed by atoms with E-state index in [1.54, 1.807) is 0 Å². The molecule has 1 aliphatic rings. The van der Waals surface area contributed by atoms with Crippen molar-refractivity contribution in [2.75, 3.05) is 32.1 Å². The smallest absolute Gasteiger partial charge is 0.204 e. The van der Waals surface area contributed by atoms with Gasteiger partial charge >= 0.3 is 0 Å². The Balaban J connectivity index is 1.34. The second-order valence-corrected chi connectivity index (χ2v) is 7.58. The van der Waals surface area contributed by atoms with Crippen molar-refractivity contribution < 1.29 is 0 Å². The van der Waals surface area contributed by atoms with E-state index < -0.39 is 0 Å². The molecule has 8 heteroatoms. The quantitative estimate of drug-likeness (QED) is 0.745. The SMILES string of the molecule is CN(C)c1nc(CN2CCC(c3nc(-c4ccccc4)n[nH]3)CC2)ns1. The first-order valence-corrected chi connectivity index (χ1v) is 9.66. The second-order valence-electron chi connectivity index (χ2n) is 6.85. The molecule has 2 aromatic heterocycles. The number of hydrogen-bond donors (Lipinski definition) is 1. The van der Waals surface area contributed by atoms with E-state index in [-0.39, 0.29) is 0 Å². The monoisotopic (exact) mass is 369 g/mol. The number of nitrogens with one attached hydrogen (secondary N) is 1. The number of aromatic nitrogens is 5. The number of anilines is 1. The molecule has 0 atom stereocenters. The van der Waals surface area contributed by atoms with E-state index in [0.717, 1.165) is 60.6 Å². The molecule has 0 radical (unpaired) electrons. The Morgan fingerprint density at radius 1 is 1.15 bits per heavy atom. The Hall–Kier alpha value is -2.32. The van der Waals surface area contributed by atoms with Gasteiger partial charge in [0.1, 0.15) is 5.82 Å². The molecule has 1 saturated heterocycles. The summed E-state index contributed by atoms with van der Waals surface area (Å²) in [6, 6.07) is 10.1. The summed E-state index contributed by atoms with van der Waals surface area (Å²) in [4.78, 5) is 13.7. The van der Waals surface area contributed by atoms with Crippen molar-refractivity contribution in [2.45, 2.75) is 25.3 Å². The van der Waals surface area contributed by atoms with Crippen molar-refractivity contribution in [2.24, 2.45) is 0 Å². The third-order valence-corrected chi connectivity index (χ3v) is 5.64. The lowest BCUT2D eigenvalue weighted by molar-refractivity contribution is 0.198. The topological polar surface area (TPSA) is 73.8 Å². The minimum atomic E-state index is 0.442. The van der Waals surface area contributed by atoms with Gasteiger partial charge < -0.3 is 4.90 Å². The second kappa shape index (κ2) is 7.51. The molecule has 136 valence electrons. The highest BCUT2D eigenvalue weighted by Gasteiger charge is 2.24. The molecule has 0 bridgehead atoms. The van der Waals surface area contributed by atoms with E-state index in [4.69, 9.17) is 4.98 Å². The lowest BCUT2D eigenvalue weighted by Crippen LogP contribution is -2.33. The molecular weight excluding hydrogens is 346 g/mol. The highest BCUT2D eigenvalue weighted by Crippen LogP contribution is 2.27. The van der Waals surface area contributed by atoms with Crippen LogP contribution in [-0.4, -0.2) is 56.6 Å². The van der Waals surface area contributed by atoms with Crippen molar-refractivity contribution in [3.63, 3.8) is 0 Å². The summed E-state index contributed by atoms with van der Waals surface area (Å²) >= 11 is 1.46. The van der Waals surface area contributed by atoms with Crippen LogP contribution in [0.1, 0.15) is 30.4 Å². The summed E-state index contributed by atoms with van der Waals surface area (Å²) in [5.74, 6) is 3.15. The Morgan fingerprint density at radius 2 is 1.92 bits per heavy atom. The van der Waals surface area contributed by atoms with Crippen LogP contribution in [-0.2, 0) is 6.54 Å². The standard InChI is InChI=1S/C18H23N7S/c1-24(2)18-19-15(23-26-18)12-25-10-8-14(9-11-25)17-20-16(21-22-17)13-6-4-3-5-7-13/h3-7,14H,8-12H2,1-2H3,(H,20,21,22). The highest BCUT2D eigenvalue weighted by atomic mass is 32.1. The molecule has 1 fully saturated rings. The summed E-state index contributed by atoms with van der Waals surface area (Å²) in [7, 11) is 3.99. The van der Waals surface area contributed by atoms with Gasteiger partial charge in [-0.15, -0.1) is 0 Å². The van der Waals surface area contributed by atoms with Crippen LogP contribution in [0.3, 0.4) is 0 Å². The Morgan fingerprint density at radius 3 is 2.62 bits per heavy atom. The van der Waals surface area contributed by atoms with E-state index in [2.05, 4.69) is 24.5 Å². The molecule has 3 heterocycles. The third-order valence-electron chi connectivity index (χ3n) is 4.71. The molecule has 0 unspecified atom stereocenters. The lowest BCUT2D eigenvalue weighted by Gasteiger charge is -2.29. The molecule has 0 amide bonds. The van der Waals surface area contributed by atoms with Crippen LogP contribution < -0.4 is 4.90 Å². The number of aromatic amines is 1. The Labute approximate surface area is 157 Å². The van der Waals surface area contributed by atoms with Crippen molar-refractivity contribution in [3.8, 4) is 11.4 Å². The summed E-state index contributed by atoms with van der Waals surface area (Å²) in [5, 5.41) is 8.50. The molecule has 0 spiro atoms. The van der Waals surface area contributed by atoms with Crippen LogP contribution in [0.2, 0.25) is 0 Å². The summed E-state index contributed by atoms with van der Waals surface area (Å²) < 4.78 is 4.46. The predicted molar refractivity (Wildman–Crippen MR) is 103 cm³/mol. The largest absolute Gasteiger partial charge is 0.353 e. The molecule has 7 nitrogen and oxygen atoms in total. The number of benzene rings is 1. The minimum absolute atomic E-state index is 0.442. The molecule has 0 aliphatic carbocycles. The predicted octanol–water partition coefficient (Wildman–Crippen LogP) is 2.77. The van der Waals surface area contributed by atoms with E-state index in [0.29, 0.717) is 5.92 Å². The Kier molecular flexibility index (Phi) is 4.94. The first-order valence-electron chi connectivity index (χ1n) is 8.89. The van der Waals surface area contributed by atoms with Crippen LogP contribution in [0.25, 0.3) is 11.4 Å². The molecule has 1 aromatic carbocycles. The van der Waals surface area contributed by atoms with Crippen LogP contribution in [0.4, 0.5) is 5.13 Å². The van der Waals surface area contributed by atoms with Gasteiger partial charge in [-0.05, 0) is 25.9 Å². The fourth-order valence-corrected chi connectivity index (χ4v) is 3.82. The van der Waals surface area contributed by atoms with Crippen LogP contribution >= 0.6 is 11.5 Å². The van der Waals surface area contributed by atoms with Gasteiger partial charge in [-0.3, -0.25) is 10.00 Å². The van der Waals surface area contributed by atoms with Gasteiger partial charge in [0.2, 0.25) is 5.13 Å². The van der Waals surface area contributed by atoms with E-state index in [1.165, 1.54) is 11.5 Å². The fraction of sp³-hybridized carbons (Fsp3) is 0.444. The minimum Gasteiger partial charge on any atom is -0.353 e. The zero-order valence-corrected chi connectivity index (χ0v) is 15.9. The first-order chi connectivity index (χ1) is 12.7. The molecule has 26 heavy (non-hydrogen) atoms. The maximum atomic E-state index is 4.72. The van der Waals surface area contributed by atoms with Crippen molar-refractivity contribution >= 4 is 16.7 Å². The molecule has 0 saturated carbocycles. The van der Waals surface area contributed by atoms with E-state index in [9.17, 15) is 0 Å². The lowest BCUT2D eigenvalue weighted by atomic mass is 9.96. The molecule has 1 N–H and O–H groups in total. The number of nitrogens with zero attached hydrogens (tertiary/aromatic N) is 6. The maximum Gasteiger partial charge on any atom is 0.204 e. The van der Waals surface area contributed by atoms with Crippen LogP contribution in [0, 0.1) is 0 Å². The normalized spacial score (nSPS) is 16.1. The van der Waals surface area contributed by atoms with Gasteiger partial charge in [0.25, 0.3) is 0 Å². The molecule has 1 aliphatic heterocycles. The van der Waals surface area contributed by atoms with Gasteiger partial charge in [0, 0.05) is 37.1 Å². The molecule has 3 aromatic rings. The Bertz CT molecular complexity index is 834. The van der Waals surface area contributed by atoms with E-state index >= 15 is 0 Å². The zero-order valence-electron chi connectivity index (χ0n) is 15.1. The van der Waals surface area contributed by atoms with E-state index in [1.807, 2.05) is 49.3 Å². The third kappa shape index (κ3) is 3.76. The number of H-pyrrole nitrogens is 1. The number of likely N-dealkylation sites (tertiary alicyclic amines) is 1. The van der Waals surface area contributed by atoms with Crippen LogP contribution in [0.15, 0.2) is 30.3 Å². The zero-order chi connectivity index (χ0) is 17.9. The van der Waals surface area contributed by atoms with Gasteiger partial charge in [-0.25, -0.2) is 9.97 Å². The highest BCUT2D eigenvalue weighted by molar-refractivity contribution is 7.09. The summed E-state index contributed by atoms with van der Waals surface area (Å²) in [6.07, 6.45) is 2.15. The van der Waals surface area contributed by atoms with Crippen LogP contribution in [0.5, 0.6) is 0 Å². The van der Waals surface area contributed by atoms with Gasteiger partial charge in [0.05, 0.1) is 6.54 Å². The van der Waals surface area contributed by atoms with Gasteiger partial charge in [-0.2, -0.15) is 9.47 Å².